The Labute approximate surface area is 166 Å². The molecule has 5 rings (SSSR count). The number of ether oxygens (including phenoxy) is 1. The summed E-state index contributed by atoms with van der Waals surface area (Å²) in [6, 6.07) is 3.47. The van der Waals surface area contributed by atoms with Crippen molar-refractivity contribution in [3.05, 3.63) is 35.4 Å². The summed E-state index contributed by atoms with van der Waals surface area (Å²) in [7, 11) is 0. The van der Waals surface area contributed by atoms with Crippen LogP contribution in [0.15, 0.2) is 18.2 Å². The van der Waals surface area contributed by atoms with E-state index in [-0.39, 0.29) is 17.6 Å². The Bertz CT molecular complexity index is 713. The van der Waals surface area contributed by atoms with Crippen molar-refractivity contribution in [2.24, 2.45) is 23.5 Å². The summed E-state index contributed by atoms with van der Waals surface area (Å²) in [4.78, 5) is 5.22. The molecule has 0 radical (unpaired) electrons. The van der Waals surface area contributed by atoms with Gasteiger partial charge in [-0.2, -0.15) is 0 Å². The van der Waals surface area contributed by atoms with Gasteiger partial charge in [-0.1, -0.05) is 0 Å². The molecule has 1 saturated carbocycles. The second kappa shape index (κ2) is 7.63. The molecular formula is C22H31F2N3O. The van der Waals surface area contributed by atoms with Crippen molar-refractivity contribution < 1.29 is 13.5 Å². The lowest BCUT2D eigenvalue weighted by Gasteiger charge is -2.44. The predicted molar refractivity (Wildman–Crippen MR) is 104 cm³/mol. The Morgan fingerprint density at radius 2 is 1.89 bits per heavy atom. The minimum Gasteiger partial charge on any atom is -0.370 e. The van der Waals surface area contributed by atoms with E-state index in [4.69, 9.17) is 10.5 Å². The van der Waals surface area contributed by atoms with Gasteiger partial charge in [-0.3, -0.25) is 4.90 Å². The van der Waals surface area contributed by atoms with E-state index in [0.29, 0.717) is 6.61 Å². The Morgan fingerprint density at radius 3 is 2.68 bits per heavy atom. The standard InChI is InChI=1S/C22H31F2N3O/c23-17-3-4-20(24)19(7-17)22-21(25)8-18(13-28-22)27-6-5-15-10-26(9-14-1-2-14)11-16(15)12-27/h3-4,7,14-16,18,21-22H,1-2,5-6,8-13,25H2/t15?,16?,18-,21+,22-/m1/s1. The van der Waals surface area contributed by atoms with Crippen LogP contribution >= 0.6 is 0 Å². The summed E-state index contributed by atoms with van der Waals surface area (Å²) in [5, 5.41) is 0. The maximum atomic E-state index is 14.1. The number of nitrogens with two attached hydrogens (primary N) is 1. The van der Waals surface area contributed by atoms with Crippen molar-refractivity contribution in [3.63, 3.8) is 0 Å². The molecule has 4 fully saturated rings. The summed E-state index contributed by atoms with van der Waals surface area (Å²) in [6.07, 6.45) is 4.29. The minimum absolute atomic E-state index is 0.246. The molecule has 1 aromatic rings. The molecule has 0 amide bonds. The third-order valence-electron chi connectivity index (χ3n) is 7.30. The third kappa shape index (κ3) is 3.84. The molecule has 0 aromatic heterocycles. The van der Waals surface area contributed by atoms with Gasteiger partial charge in [0.15, 0.2) is 0 Å². The first-order chi connectivity index (χ1) is 13.6. The molecule has 3 aliphatic heterocycles. The Hall–Kier alpha value is -1.08. The molecular weight excluding hydrogens is 360 g/mol. The fourth-order valence-corrected chi connectivity index (χ4v) is 5.59. The molecule has 2 N–H and O–H groups in total. The molecule has 1 aliphatic carbocycles. The zero-order chi connectivity index (χ0) is 19.3. The average molecular weight is 392 g/mol. The van der Waals surface area contributed by atoms with Gasteiger partial charge in [0.25, 0.3) is 0 Å². The van der Waals surface area contributed by atoms with Crippen LogP contribution in [-0.2, 0) is 4.74 Å². The maximum absolute atomic E-state index is 14.1. The highest BCUT2D eigenvalue weighted by molar-refractivity contribution is 5.23. The van der Waals surface area contributed by atoms with E-state index in [9.17, 15) is 8.78 Å². The third-order valence-corrected chi connectivity index (χ3v) is 7.30. The summed E-state index contributed by atoms with van der Waals surface area (Å²) in [6.45, 7) is 6.55. The molecule has 4 aliphatic rings. The monoisotopic (exact) mass is 391 g/mol. The molecule has 0 bridgehead atoms. The lowest BCUT2D eigenvalue weighted by Crippen LogP contribution is -2.53. The van der Waals surface area contributed by atoms with E-state index in [2.05, 4.69) is 9.80 Å². The van der Waals surface area contributed by atoms with Gasteiger partial charge in [-0.05, 0) is 68.2 Å². The lowest BCUT2D eigenvalue weighted by molar-refractivity contribution is -0.0616. The molecule has 0 spiro atoms. The largest absolute Gasteiger partial charge is 0.370 e. The van der Waals surface area contributed by atoms with E-state index in [1.807, 2.05) is 0 Å². The van der Waals surface area contributed by atoms with Gasteiger partial charge in [-0.15, -0.1) is 0 Å². The van der Waals surface area contributed by atoms with Crippen LogP contribution in [0.1, 0.15) is 37.4 Å². The minimum atomic E-state index is -0.565. The highest BCUT2D eigenvalue weighted by atomic mass is 19.1. The van der Waals surface area contributed by atoms with Crippen molar-refractivity contribution >= 4 is 0 Å². The Morgan fingerprint density at radius 1 is 1.07 bits per heavy atom. The van der Waals surface area contributed by atoms with E-state index in [1.165, 1.54) is 45.0 Å². The van der Waals surface area contributed by atoms with Crippen molar-refractivity contribution in [3.8, 4) is 0 Å². The van der Waals surface area contributed by atoms with Gasteiger partial charge in [0.1, 0.15) is 17.7 Å². The van der Waals surface area contributed by atoms with Crippen molar-refractivity contribution in [2.45, 2.75) is 43.9 Å². The molecule has 3 heterocycles. The zero-order valence-electron chi connectivity index (χ0n) is 16.4. The van der Waals surface area contributed by atoms with Crippen molar-refractivity contribution in [1.82, 2.24) is 9.80 Å². The van der Waals surface area contributed by atoms with Crippen LogP contribution in [0.5, 0.6) is 0 Å². The first-order valence-electron chi connectivity index (χ1n) is 10.9. The van der Waals surface area contributed by atoms with Crippen molar-refractivity contribution in [2.75, 3.05) is 39.3 Å². The predicted octanol–water partition coefficient (Wildman–Crippen LogP) is 2.79. The molecule has 5 atom stereocenters. The summed E-state index contributed by atoms with van der Waals surface area (Å²) in [5.74, 6) is 1.65. The second-order valence-corrected chi connectivity index (χ2v) is 9.44. The van der Waals surface area contributed by atoms with E-state index in [0.717, 1.165) is 49.4 Å². The van der Waals surface area contributed by atoms with E-state index >= 15 is 0 Å². The number of benzene rings is 1. The van der Waals surface area contributed by atoms with Gasteiger partial charge < -0.3 is 15.4 Å². The van der Waals surface area contributed by atoms with Crippen LogP contribution < -0.4 is 5.73 Å². The number of rotatable bonds is 4. The molecule has 3 saturated heterocycles. The van der Waals surface area contributed by atoms with Crippen LogP contribution in [0.3, 0.4) is 0 Å². The topological polar surface area (TPSA) is 41.7 Å². The molecule has 2 unspecified atom stereocenters. The van der Waals surface area contributed by atoms with Gasteiger partial charge in [-0.25, -0.2) is 8.78 Å². The smallest absolute Gasteiger partial charge is 0.129 e. The second-order valence-electron chi connectivity index (χ2n) is 9.44. The molecule has 4 nitrogen and oxygen atoms in total. The summed E-state index contributed by atoms with van der Waals surface area (Å²) < 4.78 is 33.7. The first kappa shape index (κ1) is 18.9. The highest BCUT2D eigenvalue weighted by Gasteiger charge is 2.42. The number of hydrogen-bond acceptors (Lipinski definition) is 4. The summed E-state index contributed by atoms with van der Waals surface area (Å²) >= 11 is 0. The molecule has 154 valence electrons. The number of hydrogen-bond donors (Lipinski definition) is 1. The maximum Gasteiger partial charge on any atom is 0.129 e. The zero-order valence-corrected chi connectivity index (χ0v) is 16.4. The number of piperidine rings is 1. The Kier molecular flexibility index (Phi) is 5.16. The quantitative estimate of drug-likeness (QED) is 0.857. The lowest BCUT2D eigenvalue weighted by atomic mass is 9.86. The number of likely N-dealkylation sites (tertiary alicyclic amines) is 2. The SMILES string of the molecule is N[C@H]1C[C@@H](N2CCC3CN(CC4CC4)CC3C2)CO[C@@H]1c1cc(F)ccc1F. The van der Waals surface area contributed by atoms with Crippen LogP contribution in [0.25, 0.3) is 0 Å². The van der Waals surface area contributed by atoms with Crippen LogP contribution in [-0.4, -0.2) is 61.2 Å². The van der Waals surface area contributed by atoms with Crippen LogP contribution in [0, 0.1) is 29.4 Å². The number of nitrogens with zero attached hydrogens (tertiary/aromatic N) is 2. The highest BCUT2D eigenvalue weighted by Crippen LogP contribution is 2.38. The van der Waals surface area contributed by atoms with E-state index < -0.39 is 17.7 Å². The number of fused-ring (bicyclic) bond motifs is 1. The Balaban J connectivity index is 1.19. The van der Waals surface area contributed by atoms with Crippen molar-refractivity contribution in [1.29, 1.82) is 0 Å². The van der Waals surface area contributed by atoms with Crippen LogP contribution in [0.4, 0.5) is 8.78 Å². The van der Waals surface area contributed by atoms with Gasteiger partial charge in [0.05, 0.1) is 6.61 Å². The molecule has 28 heavy (non-hydrogen) atoms. The van der Waals surface area contributed by atoms with E-state index in [1.54, 1.807) is 0 Å². The van der Waals surface area contributed by atoms with Crippen LogP contribution in [0.2, 0.25) is 0 Å². The fraction of sp³-hybridized carbons (Fsp3) is 0.727. The summed E-state index contributed by atoms with van der Waals surface area (Å²) in [5.41, 5.74) is 6.62. The first-order valence-corrected chi connectivity index (χ1v) is 10.9. The van der Waals surface area contributed by atoms with Gasteiger partial charge in [0, 0.05) is 43.8 Å². The fourth-order valence-electron chi connectivity index (χ4n) is 5.59. The average Bonchev–Trinajstić information content (AvgIpc) is 3.40. The molecule has 1 aromatic carbocycles. The molecule has 6 heteroatoms. The number of halogens is 2. The normalized spacial score (nSPS) is 37.2. The van der Waals surface area contributed by atoms with Gasteiger partial charge in [0.2, 0.25) is 0 Å². The van der Waals surface area contributed by atoms with Gasteiger partial charge >= 0.3 is 0 Å².